The molecule has 124 valence electrons. The van der Waals surface area contributed by atoms with E-state index in [-0.39, 0.29) is 5.96 Å². The largest absolute Gasteiger partial charge is 0.266 e. The first-order valence-corrected chi connectivity index (χ1v) is 7.86. The number of hydrazone groups is 2. The van der Waals surface area contributed by atoms with E-state index in [1.807, 2.05) is 24.3 Å². The second-order valence-electron chi connectivity index (χ2n) is 4.96. The van der Waals surface area contributed by atoms with Crippen LogP contribution in [0.1, 0.15) is 11.1 Å². The molecule has 0 aliphatic heterocycles. The predicted octanol–water partition coefficient (Wildman–Crippen LogP) is 4.16. The van der Waals surface area contributed by atoms with E-state index >= 15 is 0 Å². The molecule has 0 unspecified atom stereocenters. The number of hydrogen-bond donors (Lipinski definition) is 1. The van der Waals surface area contributed by atoms with Crippen LogP contribution < -0.4 is 0 Å². The number of guanidine groups is 1. The second kappa shape index (κ2) is 8.47. The molecule has 0 radical (unpaired) electrons. The topological polar surface area (TPSA) is 55.1 Å². The molecule has 0 aromatic heterocycles. The van der Waals surface area contributed by atoms with Crippen molar-refractivity contribution in [3.05, 3.63) is 69.7 Å². The first kappa shape index (κ1) is 18.0. The minimum atomic E-state index is 0.130. The van der Waals surface area contributed by atoms with Gasteiger partial charge in [-0.1, -0.05) is 47.5 Å². The molecule has 0 atom stereocenters. The van der Waals surface area contributed by atoms with Crippen molar-refractivity contribution >= 4 is 41.6 Å². The average Bonchev–Trinajstić information content (AvgIpc) is 2.59. The maximum absolute atomic E-state index is 8.08. The van der Waals surface area contributed by atoms with Crippen LogP contribution in [-0.2, 0) is 0 Å². The molecule has 0 aliphatic carbocycles. The smallest absolute Gasteiger partial charge is 0.234 e. The standard InChI is InChI=1S/C17H17Cl2N5/c1-23(21-11-13-3-7-15(18)8-4-13)17(20)24(2)22-12-14-5-9-16(19)10-6-14/h3-12,20H,1-2H3/b21-11+,22-12+. The zero-order chi connectivity index (χ0) is 17.5. The SMILES string of the molecule is CN(/N=C/c1ccc(Cl)cc1)C(=N)N(C)/N=C/c1ccc(Cl)cc1. The van der Waals surface area contributed by atoms with E-state index in [4.69, 9.17) is 28.6 Å². The Morgan fingerprint density at radius 1 is 0.792 bits per heavy atom. The highest BCUT2D eigenvalue weighted by atomic mass is 35.5. The second-order valence-corrected chi connectivity index (χ2v) is 5.84. The first-order chi connectivity index (χ1) is 11.5. The minimum Gasteiger partial charge on any atom is -0.266 e. The van der Waals surface area contributed by atoms with E-state index in [2.05, 4.69) is 10.2 Å². The molecule has 2 rings (SSSR count). The summed E-state index contributed by atoms with van der Waals surface area (Å²) in [5, 5.41) is 20.7. The third kappa shape index (κ3) is 5.37. The molecule has 0 saturated heterocycles. The van der Waals surface area contributed by atoms with Gasteiger partial charge in [-0.2, -0.15) is 10.2 Å². The molecular formula is C17H17Cl2N5. The summed E-state index contributed by atoms with van der Waals surface area (Å²) in [6.45, 7) is 0. The number of nitrogens with zero attached hydrogens (tertiary/aromatic N) is 4. The Bertz CT molecular complexity index is 675. The van der Waals surface area contributed by atoms with Crippen molar-refractivity contribution in [1.29, 1.82) is 5.41 Å². The van der Waals surface area contributed by atoms with Crippen molar-refractivity contribution in [1.82, 2.24) is 10.0 Å². The molecule has 0 spiro atoms. The first-order valence-electron chi connectivity index (χ1n) is 7.11. The van der Waals surface area contributed by atoms with Gasteiger partial charge in [-0.25, -0.2) is 10.0 Å². The highest BCUT2D eigenvalue weighted by Gasteiger charge is 2.07. The fraction of sp³-hybridized carbons (Fsp3) is 0.118. The van der Waals surface area contributed by atoms with Crippen molar-refractivity contribution in [3.63, 3.8) is 0 Å². The van der Waals surface area contributed by atoms with E-state index in [1.54, 1.807) is 50.8 Å². The minimum absolute atomic E-state index is 0.130. The monoisotopic (exact) mass is 361 g/mol. The number of nitrogens with one attached hydrogen (secondary N) is 1. The summed E-state index contributed by atoms with van der Waals surface area (Å²) in [7, 11) is 3.37. The van der Waals surface area contributed by atoms with E-state index in [9.17, 15) is 0 Å². The van der Waals surface area contributed by atoms with Crippen molar-refractivity contribution in [2.75, 3.05) is 14.1 Å². The highest BCUT2D eigenvalue weighted by Crippen LogP contribution is 2.09. The van der Waals surface area contributed by atoms with E-state index < -0.39 is 0 Å². The Hall–Kier alpha value is -2.37. The lowest BCUT2D eigenvalue weighted by atomic mass is 10.2. The Kier molecular flexibility index (Phi) is 6.35. The molecule has 0 fully saturated rings. The third-order valence-electron chi connectivity index (χ3n) is 3.11. The molecule has 0 heterocycles. The van der Waals surface area contributed by atoms with Crippen molar-refractivity contribution in [2.45, 2.75) is 0 Å². The van der Waals surface area contributed by atoms with Crippen LogP contribution >= 0.6 is 23.2 Å². The van der Waals surface area contributed by atoms with Gasteiger partial charge in [0.15, 0.2) is 0 Å². The van der Waals surface area contributed by atoms with Crippen LogP contribution in [0.15, 0.2) is 58.7 Å². The van der Waals surface area contributed by atoms with Crippen LogP contribution in [0.2, 0.25) is 10.0 Å². The zero-order valence-corrected chi connectivity index (χ0v) is 14.8. The van der Waals surface area contributed by atoms with E-state index in [0.717, 1.165) is 11.1 Å². The van der Waals surface area contributed by atoms with Crippen LogP contribution in [0.25, 0.3) is 0 Å². The van der Waals surface area contributed by atoms with Gasteiger partial charge in [-0.3, -0.25) is 5.41 Å². The molecule has 0 aliphatic rings. The van der Waals surface area contributed by atoms with Gasteiger partial charge in [-0.15, -0.1) is 0 Å². The van der Waals surface area contributed by atoms with Crippen molar-refractivity contribution in [3.8, 4) is 0 Å². The summed E-state index contributed by atoms with van der Waals surface area (Å²) in [5.41, 5.74) is 1.79. The van der Waals surface area contributed by atoms with Gasteiger partial charge in [-0.05, 0) is 35.4 Å². The highest BCUT2D eigenvalue weighted by molar-refractivity contribution is 6.30. The average molecular weight is 362 g/mol. The molecule has 2 aromatic carbocycles. The Morgan fingerprint density at radius 2 is 1.12 bits per heavy atom. The molecule has 5 nitrogen and oxygen atoms in total. The predicted molar refractivity (Wildman–Crippen MR) is 101 cm³/mol. The zero-order valence-electron chi connectivity index (χ0n) is 13.3. The van der Waals surface area contributed by atoms with Crippen LogP contribution in [0.3, 0.4) is 0 Å². The van der Waals surface area contributed by atoms with Gasteiger partial charge in [0.05, 0.1) is 12.4 Å². The lowest BCUT2D eigenvalue weighted by Crippen LogP contribution is -2.33. The molecular weight excluding hydrogens is 345 g/mol. The molecule has 0 bridgehead atoms. The van der Waals surface area contributed by atoms with Crippen molar-refractivity contribution < 1.29 is 0 Å². The summed E-state index contributed by atoms with van der Waals surface area (Å²) in [4.78, 5) is 0. The lowest BCUT2D eigenvalue weighted by molar-refractivity contribution is 0.412. The Labute approximate surface area is 151 Å². The van der Waals surface area contributed by atoms with Gasteiger partial charge in [0.1, 0.15) is 0 Å². The maximum Gasteiger partial charge on any atom is 0.234 e. The van der Waals surface area contributed by atoms with Crippen LogP contribution in [0.4, 0.5) is 0 Å². The van der Waals surface area contributed by atoms with Crippen LogP contribution in [0.5, 0.6) is 0 Å². The summed E-state index contributed by atoms with van der Waals surface area (Å²) in [6.07, 6.45) is 3.31. The number of benzene rings is 2. The molecule has 0 saturated carbocycles. The number of halogens is 2. The summed E-state index contributed by atoms with van der Waals surface area (Å²) >= 11 is 11.7. The van der Waals surface area contributed by atoms with E-state index in [1.165, 1.54) is 10.0 Å². The van der Waals surface area contributed by atoms with Gasteiger partial charge in [0, 0.05) is 24.1 Å². The van der Waals surface area contributed by atoms with Gasteiger partial charge in [0.2, 0.25) is 5.96 Å². The molecule has 2 aromatic rings. The molecule has 24 heavy (non-hydrogen) atoms. The maximum atomic E-state index is 8.08. The summed E-state index contributed by atoms with van der Waals surface area (Å²) in [6, 6.07) is 14.6. The van der Waals surface area contributed by atoms with Gasteiger partial charge in [0.25, 0.3) is 0 Å². The quantitative estimate of drug-likeness (QED) is 0.504. The fourth-order valence-electron chi connectivity index (χ4n) is 1.72. The summed E-state index contributed by atoms with van der Waals surface area (Å²) in [5.74, 6) is 0.130. The number of hydrogen-bond acceptors (Lipinski definition) is 3. The van der Waals surface area contributed by atoms with Crippen molar-refractivity contribution in [2.24, 2.45) is 10.2 Å². The molecule has 1 N–H and O–H groups in total. The molecule has 7 heteroatoms. The summed E-state index contributed by atoms with van der Waals surface area (Å²) < 4.78 is 0. The Balaban J connectivity index is 1.96. The number of rotatable bonds is 4. The fourth-order valence-corrected chi connectivity index (χ4v) is 1.98. The normalized spacial score (nSPS) is 11.2. The lowest BCUT2D eigenvalue weighted by Gasteiger charge is -2.19. The molecule has 0 amide bonds. The Morgan fingerprint density at radius 3 is 1.46 bits per heavy atom. The van der Waals surface area contributed by atoms with Crippen LogP contribution in [-0.4, -0.2) is 42.5 Å². The van der Waals surface area contributed by atoms with Gasteiger partial charge >= 0.3 is 0 Å². The van der Waals surface area contributed by atoms with Gasteiger partial charge < -0.3 is 0 Å². The van der Waals surface area contributed by atoms with E-state index in [0.29, 0.717) is 10.0 Å². The third-order valence-corrected chi connectivity index (χ3v) is 3.62. The van der Waals surface area contributed by atoms with Crippen LogP contribution in [0, 0.1) is 5.41 Å².